The lowest BCUT2D eigenvalue weighted by molar-refractivity contribution is 0.0583. The molecular weight excluding hydrogens is 350 g/mol. The molecule has 0 bridgehead atoms. The number of aromatic nitrogens is 1. The van der Waals surface area contributed by atoms with Gasteiger partial charge in [0.15, 0.2) is 0 Å². The van der Waals surface area contributed by atoms with Crippen molar-refractivity contribution in [2.24, 2.45) is 5.92 Å². The Morgan fingerprint density at radius 3 is 2.82 bits per heavy atom. The van der Waals surface area contributed by atoms with Crippen molar-refractivity contribution in [1.29, 1.82) is 0 Å². The summed E-state index contributed by atoms with van der Waals surface area (Å²) >= 11 is 0. The Morgan fingerprint density at radius 1 is 1.21 bits per heavy atom. The fraction of sp³-hybridized carbons (Fsp3) is 0.609. The van der Waals surface area contributed by atoms with Gasteiger partial charge in [-0.25, -0.2) is 0 Å². The first kappa shape index (κ1) is 19.5. The molecular formula is C23H33N3O2. The van der Waals surface area contributed by atoms with Gasteiger partial charge in [0.2, 0.25) is 0 Å². The summed E-state index contributed by atoms with van der Waals surface area (Å²) in [6.07, 6.45) is 6.91. The smallest absolute Gasteiger partial charge is 0.270 e. The van der Waals surface area contributed by atoms with Crippen LogP contribution >= 0.6 is 0 Å². The van der Waals surface area contributed by atoms with Crippen molar-refractivity contribution in [3.05, 3.63) is 36.0 Å². The highest BCUT2D eigenvalue weighted by Crippen LogP contribution is 2.26. The molecule has 1 amide bonds. The van der Waals surface area contributed by atoms with E-state index >= 15 is 0 Å². The molecule has 0 radical (unpaired) electrons. The molecule has 0 spiro atoms. The van der Waals surface area contributed by atoms with Crippen molar-refractivity contribution in [2.75, 3.05) is 26.3 Å². The number of para-hydroxylation sites is 1. The number of benzene rings is 1. The number of carbonyl (C=O) groups excluding carboxylic acids is 1. The van der Waals surface area contributed by atoms with Crippen LogP contribution in [0.15, 0.2) is 30.3 Å². The highest BCUT2D eigenvalue weighted by atomic mass is 16.5. The van der Waals surface area contributed by atoms with E-state index in [-0.39, 0.29) is 5.91 Å². The number of ether oxygens (including phenoxy) is 1. The Bertz CT molecular complexity index is 748. The Balaban J connectivity index is 1.38. The van der Waals surface area contributed by atoms with Crippen LogP contribution in [0.4, 0.5) is 0 Å². The molecule has 1 aromatic heterocycles. The van der Waals surface area contributed by atoms with E-state index in [9.17, 15) is 4.79 Å². The van der Waals surface area contributed by atoms with Crippen LogP contribution in [-0.2, 0) is 4.74 Å². The van der Waals surface area contributed by atoms with E-state index in [0.29, 0.717) is 17.8 Å². The van der Waals surface area contributed by atoms with E-state index in [2.05, 4.69) is 28.2 Å². The van der Waals surface area contributed by atoms with Gasteiger partial charge in [-0.2, -0.15) is 0 Å². The molecule has 28 heavy (non-hydrogen) atoms. The van der Waals surface area contributed by atoms with Crippen LogP contribution in [0.1, 0.15) is 55.9 Å². The van der Waals surface area contributed by atoms with Gasteiger partial charge in [-0.15, -0.1) is 0 Å². The van der Waals surface area contributed by atoms with E-state index < -0.39 is 0 Å². The topological polar surface area (TPSA) is 57.4 Å². The minimum Gasteiger partial charge on any atom is -0.381 e. The Kier molecular flexibility index (Phi) is 6.33. The molecule has 4 rings (SSSR count). The number of nitrogens with one attached hydrogen (secondary N) is 2. The van der Waals surface area contributed by atoms with Crippen LogP contribution in [0, 0.1) is 5.92 Å². The quantitative estimate of drug-likeness (QED) is 0.794. The molecule has 152 valence electrons. The van der Waals surface area contributed by atoms with Crippen molar-refractivity contribution < 1.29 is 9.53 Å². The zero-order valence-corrected chi connectivity index (χ0v) is 17.0. The van der Waals surface area contributed by atoms with E-state index in [4.69, 9.17) is 4.74 Å². The first-order valence-corrected chi connectivity index (χ1v) is 10.9. The summed E-state index contributed by atoms with van der Waals surface area (Å²) in [4.78, 5) is 18.6. The summed E-state index contributed by atoms with van der Waals surface area (Å²) in [7, 11) is 0. The molecule has 5 nitrogen and oxygen atoms in total. The molecule has 1 aliphatic carbocycles. The summed E-state index contributed by atoms with van der Waals surface area (Å²) in [6.45, 7) is 5.75. The van der Waals surface area contributed by atoms with E-state index in [0.717, 1.165) is 56.0 Å². The van der Waals surface area contributed by atoms with Crippen LogP contribution in [0.5, 0.6) is 0 Å². The van der Waals surface area contributed by atoms with Gasteiger partial charge in [0.25, 0.3) is 5.91 Å². The summed E-state index contributed by atoms with van der Waals surface area (Å²) in [5, 5.41) is 4.90. The average Bonchev–Trinajstić information content (AvgIpc) is 3.18. The summed E-state index contributed by atoms with van der Waals surface area (Å²) < 4.78 is 5.47. The molecule has 2 fully saturated rings. The SMILES string of the molecule is CCN(C(=O)c1cc2ccccc2[nH]1)C1CCCC(NCC2CCOCC2)C1. The number of rotatable bonds is 6. The van der Waals surface area contributed by atoms with Crippen LogP contribution in [-0.4, -0.2) is 54.2 Å². The third kappa shape index (κ3) is 4.41. The Labute approximate surface area is 167 Å². The molecule has 1 aliphatic heterocycles. The molecule has 1 saturated heterocycles. The lowest BCUT2D eigenvalue weighted by Crippen LogP contribution is -2.47. The van der Waals surface area contributed by atoms with Gasteiger partial charge in [0.1, 0.15) is 5.69 Å². The predicted molar refractivity (Wildman–Crippen MR) is 113 cm³/mol. The number of amides is 1. The van der Waals surface area contributed by atoms with Crippen molar-refractivity contribution in [2.45, 2.75) is 57.5 Å². The molecule has 1 saturated carbocycles. The van der Waals surface area contributed by atoms with Crippen molar-refractivity contribution in [3.8, 4) is 0 Å². The fourth-order valence-corrected chi connectivity index (χ4v) is 4.83. The minimum absolute atomic E-state index is 0.133. The fourth-order valence-electron chi connectivity index (χ4n) is 4.83. The van der Waals surface area contributed by atoms with Crippen molar-refractivity contribution in [3.63, 3.8) is 0 Å². The molecule has 2 unspecified atom stereocenters. The number of hydrogen-bond donors (Lipinski definition) is 2. The number of aromatic amines is 1. The first-order valence-electron chi connectivity index (χ1n) is 10.9. The van der Waals surface area contributed by atoms with Gasteiger partial charge >= 0.3 is 0 Å². The lowest BCUT2D eigenvalue weighted by Gasteiger charge is -2.38. The highest BCUT2D eigenvalue weighted by molar-refractivity contribution is 5.98. The number of nitrogens with zero attached hydrogens (tertiary/aromatic N) is 1. The number of carbonyl (C=O) groups is 1. The van der Waals surface area contributed by atoms with Gasteiger partial charge < -0.3 is 19.9 Å². The van der Waals surface area contributed by atoms with Crippen LogP contribution < -0.4 is 5.32 Å². The maximum Gasteiger partial charge on any atom is 0.270 e. The second kappa shape index (κ2) is 9.10. The third-order valence-electron chi connectivity index (χ3n) is 6.49. The molecule has 2 N–H and O–H groups in total. The van der Waals surface area contributed by atoms with Gasteiger partial charge in [-0.1, -0.05) is 18.2 Å². The lowest BCUT2D eigenvalue weighted by atomic mass is 9.89. The van der Waals surface area contributed by atoms with E-state index in [1.165, 1.54) is 25.7 Å². The number of H-pyrrole nitrogens is 1. The molecule has 2 aromatic rings. The largest absolute Gasteiger partial charge is 0.381 e. The van der Waals surface area contributed by atoms with Gasteiger partial charge in [-0.3, -0.25) is 4.79 Å². The summed E-state index contributed by atoms with van der Waals surface area (Å²) in [6, 6.07) is 10.9. The van der Waals surface area contributed by atoms with Crippen molar-refractivity contribution in [1.82, 2.24) is 15.2 Å². The van der Waals surface area contributed by atoms with Crippen LogP contribution in [0.25, 0.3) is 10.9 Å². The standard InChI is InChI=1S/C23H33N3O2/c1-2-26(23(27)22-14-18-6-3-4-9-21(18)25-22)20-8-5-7-19(15-20)24-16-17-10-12-28-13-11-17/h3-4,6,9,14,17,19-20,24-25H,2,5,7-8,10-13,15-16H2,1H3. The van der Waals surface area contributed by atoms with Crippen molar-refractivity contribution >= 4 is 16.8 Å². The molecule has 2 heterocycles. The monoisotopic (exact) mass is 383 g/mol. The van der Waals surface area contributed by atoms with Gasteiger partial charge in [-0.05, 0) is 70.0 Å². The maximum absolute atomic E-state index is 13.2. The third-order valence-corrected chi connectivity index (χ3v) is 6.49. The zero-order valence-electron chi connectivity index (χ0n) is 17.0. The van der Waals surface area contributed by atoms with Gasteiger partial charge in [0.05, 0.1) is 0 Å². The van der Waals surface area contributed by atoms with Crippen LogP contribution in [0.2, 0.25) is 0 Å². The second-order valence-electron chi connectivity index (χ2n) is 8.34. The van der Waals surface area contributed by atoms with E-state index in [1.807, 2.05) is 24.3 Å². The second-order valence-corrected chi connectivity index (χ2v) is 8.34. The molecule has 1 aromatic carbocycles. The summed E-state index contributed by atoms with van der Waals surface area (Å²) in [5.41, 5.74) is 1.74. The average molecular weight is 384 g/mol. The number of hydrogen-bond acceptors (Lipinski definition) is 3. The normalized spacial score (nSPS) is 23.8. The summed E-state index contributed by atoms with van der Waals surface area (Å²) in [5.74, 6) is 0.873. The van der Waals surface area contributed by atoms with E-state index in [1.54, 1.807) is 0 Å². The van der Waals surface area contributed by atoms with Gasteiger partial charge in [0, 0.05) is 42.7 Å². The highest BCUT2D eigenvalue weighted by Gasteiger charge is 2.30. The predicted octanol–water partition coefficient (Wildman–Crippen LogP) is 3.96. The molecule has 2 aliphatic rings. The maximum atomic E-state index is 13.2. The Morgan fingerprint density at radius 2 is 2.04 bits per heavy atom. The minimum atomic E-state index is 0.133. The van der Waals surface area contributed by atoms with Crippen LogP contribution in [0.3, 0.4) is 0 Å². The number of fused-ring (bicyclic) bond motifs is 1. The first-order chi connectivity index (χ1) is 13.7. The molecule has 2 atom stereocenters. The molecule has 5 heteroatoms. The zero-order chi connectivity index (χ0) is 19.3. The Hall–Kier alpha value is -1.85.